The fourth-order valence-electron chi connectivity index (χ4n) is 2.49. The summed E-state index contributed by atoms with van der Waals surface area (Å²) in [5, 5.41) is 11.9. The molecule has 1 amide bonds. The second kappa shape index (κ2) is 11.7. The van der Waals surface area contributed by atoms with Crippen molar-refractivity contribution in [2.75, 3.05) is 25.2 Å². The molecule has 0 fully saturated rings. The summed E-state index contributed by atoms with van der Waals surface area (Å²) in [7, 11) is 1.58. The smallest absolute Gasteiger partial charge is 0.250 e. The molecule has 2 aromatic carbocycles. The monoisotopic (exact) mass is 521 g/mol. The minimum Gasteiger partial charge on any atom is -0.493 e. The molecule has 0 unspecified atom stereocenters. The highest BCUT2D eigenvalue weighted by molar-refractivity contribution is 9.10. The molecule has 0 atom stereocenters. The zero-order valence-corrected chi connectivity index (χ0v) is 19.8. The number of nitrogens with one attached hydrogen (secondary N) is 1. The van der Waals surface area contributed by atoms with Crippen LogP contribution in [0.3, 0.4) is 0 Å². The maximum atomic E-state index is 11.9. The van der Waals surface area contributed by atoms with Crippen molar-refractivity contribution in [2.45, 2.75) is 10.8 Å². The van der Waals surface area contributed by atoms with E-state index in [1.807, 2.05) is 24.3 Å². The number of carbonyl (C=O) groups is 1. The maximum absolute atomic E-state index is 11.9. The Morgan fingerprint density at radius 3 is 2.84 bits per heavy atom. The van der Waals surface area contributed by atoms with Crippen LogP contribution in [0, 0.1) is 0 Å². The number of hydrazone groups is 1. The number of halogens is 1. The molecule has 0 aliphatic rings. The summed E-state index contributed by atoms with van der Waals surface area (Å²) in [4.78, 5) is 11.9. The summed E-state index contributed by atoms with van der Waals surface area (Å²) in [6, 6.07) is 13.7. The molecule has 1 heterocycles. The molecule has 0 aliphatic heterocycles. The van der Waals surface area contributed by atoms with Crippen LogP contribution in [0.2, 0.25) is 0 Å². The van der Waals surface area contributed by atoms with Crippen LogP contribution in [-0.4, -0.2) is 41.8 Å². The Balaban J connectivity index is 1.53. The first-order valence-corrected chi connectivity index (χ1v) is 11.7. The van der Waals surface area contributed by atoms with Crippen LogP contribution in [0.1, 0.15) is 11.1 Å². The van der Waals surface area contributed by atoms with Crippen LogP contribution in [0.25, 0.3) is 0 Å². The second-order valence-corrected chi connectivity index (χ2v) is 9.19. The highest BCUT2D eigenvalue weighted by Gasteiger charge is 2.12. The summed E-state index contributed by atoms with van der Waals surface area (Å²) in [5.41, 5.74) is 9.93. The van der Waals surface area contributed by atoms with Crippen LogP contribution < -0.4 is 20.6 Å². The van der Waals surface area contributed by atoms with Crippen molar-refractivity contribution in [3.8, 4) is 11.5 Å². The molecule has 0 aliphatic carbocycles. The predicted molar refractivity (Wildman–Crippen MR) is 127 cm³/mol. The third kappa shape index (κ3) is 7.23. The molecule has 11 heteroatoms. The molecule has 8 nitrogen and oxygen atoms in total. The molecule has 1 aromatic heterocycles. The van der Waals surface area contributed by atoms with Gasteiger partial charge in [0.1, 0.15) is 0 Å². The molecule has 31 heavy (non-hydrogen) atoms. The zero-order valence-electron chi connectivity index (χ0n) is 16.6. The molecule has 0 saturated carbocycles. The Hall–Kier alpha value is -2.63. The zero-order chi connectivity index (χ0) is 22.1. The fraction of sp³-hybridized carbons (Fsp3) is 0.200. The number of carbonyl (C=O) groups excluding carboxylic acids is 1. The number of ether oxygens (including phenoxy) is 2. The van der Waals surface area contributed by atoms with Gasteiger partial charge in [-0.05, 0) is 39.2 Å². The van der Waals surface area contributed by atoms with E-state index in [-0.39, 0.29) is 11.7 Å². The number of amides is 1. The van der Waals surface area contributed by atoms with Gasteiger partial charge in [-0.25, -0.2) is 5.43 Å². The van der Waals surface area contributed by atoms with Crippen LogP contribution >= 0.6 is 39.0 Å². The number of nitrogens with zero attached hydrogens (tertiary/aromatic N) is 3. The van der Waals surface area contributed by atoms with Gasteiger partial charge in [0.15, 0.2) is 15.8 Å². The van der Waals surface area contributed by atoms with Crippen molar-refractivity contribution in [2.24, 2.45) is 5.10 Å². The number of thioether (sulfide) groups is 1. The lowest BCUT2D eigenvalue weighted by atomic mass is 10.2. The third-order valence-electron chi connectivity index (χ3n) is 3.88. The van der Waals surface area contributed by atoms with Crippen molar-refractivity contribution >= 4 is 56.3 Å². The molecule has 0 bridgehead atoms. The standard InChI is InChI=1S/C20H20BrN5O3S2/c1-28-16-10-14(11-23-24-17(27)12-30-20-26-25-19(22)31-20)9-15(21)18(16)29-8-7-13-5-3-2-4-6-13/h2-6,9-11H,7-8,12H2,1H3,(H2,22,25)(H,24,27). The number of nitrogens with two attached hydrogens (primary N) is 1. The quantitative estimate of drug-likeness (QED) is 0.237. The van der Waals surface area contributed by atoms with Crippen molar-refractivity contribution in [1.29, 1.82) is 0 Å². The van der Waals surface area contributed by atoms with Gasteiger partial charge in [0.25, 0.3) is 5.91 Å². The minimum absolute atomic E-state index is 0.160. The van der Waals surface area contributed by atoms with E-state index in [1.165, 1.54) is 34.9 Å². The van der Waals surface area contributed by atoms with Gasteiger partial charge in [-0.2, -0.15) is 5.10 Å². The highest BCUT2D eigenvalue weighted by Crippen LogP contribution is 2.36. The fourth-order valence-corrected chi connectivity index (χ4v) is 4.49. The first-order valence-electron chi connectivity index (χ1n) is 9.13. The third-order valence-corrected chi connectivity index (χ3v) is 6.36. The molecule has 0 spiro atoms. The number of hydrogen-bond donors (Lipinski definition) is 2. The van der Waals surface area contributed by atoms with Crippen molar-refractivity contribution in [1.82, 2.24) is 15.6 Å². The van der Waals surface area contributed by atoms with Gasteiger partial charge in [-0.1, -0.05) is 53.4 Å². The highest BCUT2D eigenvalue weighted by atomic mass is 79.9. The first kappa shape index (κ1) is 23.0. The molecule has 3 rings (SSSR count). The Kier molecular flexibility index (Phi) is 8.68. The van der Waals surface area contributed by atoms with Crippen LogP contribution in [0.4, 0.5) is 5.13 Å². The van der Waals surface area contributed by atoms with E-state index in [1.54, 1.807) is 13.2 Å². The number of nitrogen functional groups attached to an aromatic ring is 1. The normalized spacial score (nSPS) is 10.9. The van der Waals surface area contributed by atoms with E-state index < -0.39 is 0 Å². The largest absolute Gasteiger partial charge is 0.493 e. The predicted octanol–water partition coefficient (Wildman–Crippen LogP) is 3.76. The number of aromatic nitrogens is 2. The second-order valence-electron chi connectivity index (χ2n) is 6.11. The topological polar surface area (TPSA) is 112 Å². The lowest BCUT2D eigenvalue weighted by Gasteiger charge is -2.13. The maximum Gasteiger partial charge on any atom is 0.250 e. The van der Waals surface area contributed by atoms with Crippen molar-refractivity contribution in [3.05, 3.63) is 58.1 Å². The summed E-state index contributed by atoms with van der Waals surface area (Å²) >= 11 is 6.00. The van der Waals surface area contributed by atoms with Gasteiger partial charge in [-0.3, -0.25) is 4.79 Å². The van der Waals surface area contributed by atoms with Crippen LogP contribution in [0.5, 0.6) is 11.5 Å². The average molecular weight is 522 g/mol. The summed E-state index contributed by atoms with van der Waals surface area (Å²) in [6.07, 6.45) is 2.32. The SMILES string of the molecule is COc1cc(C=NNC(=O)CSc2nnc(N)s2)cc(Br)c1OCCc1ccccc1. The van der Waals surface area contributed by atoms with Crippen molar-refractivity contribution in [3.63, 3.8) is 0 Å². The van der Waals surface area contributed by atoms with Gasteiger partial charge < -0.3 is 15.2 Å². The summed E-state index contributed by atoms with van der Waals surface area (Å²) in [5.74, 6) is 1.08. The van der Waals surface area contributed by atoms with Gasteiger partial charge in [0, 0.05) is 6.42 Å². The van der Waals surface area contributed by atoms with Gasteiger partial charge in [0.05, 0.1) is 30.2 Å². The Morgan fingerprint density at radius 2 is 2.13 bits per heavy atom. The van der Waals surface area contributed by atoms with Gasteiger partial charge >= 0.3 is 0 Å². The van der Waals surface area contributed by atoms with Crippen LogP contribution in [-0.2, 0) is 11.2 Å². The molecule has 3 aromatic rings. The van der Waals surface area contributed by atoms with Crippen LogP contribution in [0.15, 0.2) is 56.4 Å². The van der Waals surface area contributed by atoms with E-state index in [0.29, 0.717) is 27.6 Å². The minimum atomic E-state index is -0.262. The summed E-state index contributed by atoms with van der Waals surface area (Å²) < 4.78 is 12.8. The van der Waals surface area contributed by atoms with Gasteiger partial charge in [-0.15, -0.1) is 10.2 Å². The van der Waals surface area contributed by atoms with E-state index >= 15 is 0 Å². The number of benzene rings is 2. The van der Waals surface area contributed by atoms with Crippen molar-refractivity contribution < 1.29 is 14.3 Å². The number of hydrogen-bond acceptors (Lipinski definition) is 9. The Bertz CT molecular complexity index is 1050. The lowest BCUT2D eigenvalue weighted by Crippen LogP contribution is -2.19. The Morgan fingerprint density at radius 1 is 1.32 bits per heavy atom. The summed E-state index contributed by atoms with van der Waals surface area (Å²) in [6.45, 7) is 0.514. The molecular formula is C20H20BrN5O3S2. The number of methoxy groups -OCH3 is 1. The molecule has 0 radical (unpaired) electrons. The van der Waals surface area contributed by atoms with Gasteiger partial charge in [0.2, 0.25) is 5.13 Å². The lowest BCUT2D eigenvalue weighted by molar-refractivity contribution is -0.118. The number of rotatable bonds is 10. The number of anilines is 1. The van der Waals surface area contributed by atoms with E-state index in [0.717, 1.165) is 16.5 Å². The van der Waals surface area contributed by atoms with E-state index in [2.05, 4.69) is 48.8 Å². The molecule has 0 saturated heterocycles. The first-order chi connectivity index (χ1) is 15.0. The molecular weight excluding hydrogens is 502 g/mol. The molecule has 3 N–H and O–H groups in total. The van der Waals surface area contributed by atoms with E-state index in [4.69, 9.17) is 15.2 Å². The molecule has 162 valence electrons. The van der Waals surface area contributed by atoms with E-state index in [9.17, 15) is 4.79 Å². The Labute approximate surface area is 196 Å². The average Bonchev–Trinajstić information content (AvgIpc) is 3.19.